The Bertz CT molecular complexity index is 836. The van der Waals surface area contributed by atoms with Gasteiger partial charge < -0.3 is 15.4 Å². The van der Waals surface area contributed by atoms with Gasteiger partial charge in [-0.25, -0.2) is 4.79 Å². The van der Waals surface area contributed by atoms with Gasteiger partial charge in [-0.1, -0.05) is 39.0 Å². The maximum Gasteiger partial charge on any atom is 0.337 e. The van der Waals surface area contributed by atoms with Gasteiger partial charge in [0.25, 0.3) is 0 Å². The molecule has 2 amide bonds. The average Bonchev–Trinajstić information content (AvgIpc) is 2.61. The van der Waals surface area contributed by atoms with Crippen LogP contribution in [0.4, 0.5) is 11.4 Å². The number of carbonyl (C=O) groups is 3. The summed E-state index contributed by atoms with van der Waals surface area (Å²) < 4.78 is 4.62. The Morgan fingerprint density at radius 2 is 1.48 bits per heavy atom. The molecule has 0 saturated heterocycles. The molecular weight excluding hydrogens is 344 g/mol. The van der Waals surface area contributed by atoms with Crippen LogP contribution in [0.1, 0.15) is 43.1 Å². The van der Waals surface area contributed by atoms with E-state index >= 15 is 0 Å². The fraction of sp³-hybridized carbons (Fsp3) is 0.286. The van der Waals surface area contributed by atoms with Crippen LogP contribution in [0.5, 0.6) is 0 Å². The van der Waals surface area contributed by atoms with Gasteiger partial charge in [0.05, 0.1) is 12.7 Å². The second-order valence-corrected chi connectivity index (χ2v) is 7.14. The molecule has 27 heavy (non-hydrogen) atoms. The van der Waals surface area contributed by atoms with Gasteiger partial charge in [0.2, 0.25) is 11.8 Å². The average molecular weight is 368 g/mol. The largest absolute Gasteiger partial charge is 0.465 e. The number of rotatable bonds is 5. The molecular formula is C21H24N2O4. The van der Waals surface area contributed by atoms with E-state index in [1.165, 1.54) is 7.11 Å². The zero-order valence-corrected chi connectivity index (χ0v) is 16.0. The van der Waals surface area contributed by atoms with E-state index in [1.807, 2.05) is 24.3 Å². The molecule has 0 aromatic heterocycles. The molecule has 2 aromatic carbocycles. The maximum atomic E-state index is 12.2. The molecule has 0 radical (unpaired) electrons. The molecule has 0 heterocycles. The van der Waals surface area contributed by atoms with Crippen molar-refractivity contribution < 1.29 is 19.1 Å². The first-order chi connectivity index (χ1) is 12.7. The number of benzene rings is 2. The molecule has 0 aliphatic rings. The van der Waals surface area contributed by atoms with Crippen LogP contribution in [-0.4, -0.2) is 24.9 Å². The number of ether oxygens (including phenoxy) is 1. The minimum atomic E-state index is -0.454. The molecule has 0 saturated carbocycles. The Labute approximate surface area is 158 Å². The van der Waals surface area contributed by atoms with E-state index in [0.29, 0.717) is 16.9 Å². The first-order valence-electron chi connectivity index (χ1n) is 8.58. The molecule has 0 bridgehead atoms. The van der Waals surface area contributed by atoms with Crippen molar-refractivity contribution in [2.75, 3.05) is 17.7 Å². The number of methoxy groups -OCH3 is 1. The van der Waals surface area contributed by atoms with Gasteiger partial charge >= 0.3 is 5.97 Å². The number of amides is 2. The Balaban J connectivity index is 1.97. The highest BCUT2D eigenvalue weighted by atomic mass is 16.5. The van der Waals surface area contributed by atoms with Crippen molar-refractivity contribution in [1.82, 2.24) is 0 Å². The molecule has 0 atom stereocenters. The molecule has 2 aromatic rings. The van der Waals surface area contributed by atoms with Crippen LogP contribution in [0.2, 0.25) is 0 Å². The van der Waals surface area contributed by atoms with Crippen LogP contribution in [-0.2, 0) is 19.7 Å². The van der Waals surface area contributed by atoms with Crippen LogP contribution in [0.25, 0.3) is 0 Å². The lowest BCUT2D eigenvalue weighted by Crippen LogP contribution is -2.23. The Morgan fingerprint density at radius 3 is 2.07 bits per heavy atom. The molecule has 0 spiro atoms. The normalized spacial score (nSPS) is 10.8. The molecule has 0 unspecified atom stereocenters. The summed E-state index contributed by atoms with van der Waals surface area (Å²) in [5, 5.41) is 5.44. The summed E-state index contributed by atoms with van der Waals surface area (Å²) >= 11 is 0. The van der Waals surface area contributed by atoms with Crippen molar-refractivity contribution in [3.63, 3.8) is 0 Å². The number of nitrogens with one attached hydrogen (secondary N) is 2. The molecule has 142 valence electrons. The second-order valence-electron chi connectivity index (χ2n) is 7.14. The van der Waals surface area contributed by atoms with E-state index in [-0.39, 0.29) is 11.8 Å². The number of anilines is 2. The number of carbonyl (C=O) groups excluding carboxylic acids is 3. The third-order valence-corrected chi connectivity index (χ3v) is 3.92. The van der Waals surface area contributed by atoms with E-state index in [0.717, 1.165) is 5.56 Å². The van der Waals surface area contributed by atoms with Gasteiger partial charge in [-0.2, -0.15) is 0 Å². The van der Waals surface area contributed by atoms with E-state index < -0.39 is 17.8 Å². The van der Waals surface area contributed by atoms with Crippen molar-refractivity contribution >= 4 is 29.2 Å². The fourth-order valence-corrected chi connectivity index (χ4v) is 2.60. The lowest BCUT2D eigenvalue weighted by atomic mass is 9.86. The summed E-state index contributed by atoms with van der Waals surface area (Å²) in [5.74, 6) is -1.29. The van der Waals surface area contributed by atoms with Crippen molar-refractivity contribution in [1.29, 1.82) is 0 Å². The molecule has 6 nitrogen and oxygen atoms in total. The van der Waals surface area contributed by atoms with Crippen LogP contribution in [0.15, 0.2) is 48.5 Å². The number of hydrogen-bond donors (Lipinski definition) is 2. The number of esters is 1. The van der Waals surface area contributed by atoms with Crippen LogP contribution in [0, 0.1) is 0 Å². The van der Waals surface area contributed by atoms with Crippen molar-refractivity contribution in [2.24, 2.45) is 0 Å². The number of para-hydroxylation sites is 1. The first kappa shape index (κ1) is 20.2. The Hall–Kier alpha value is -3.15. The monoisotopic (exact) mass is 368 g/mol. The Morgan fingerprint density at radius 1 is 0.889 bits per heavy atom. The van der Waals surface area contributed by atoms with E-state index in [1.54, 1.807) is 24.3 Å². The van der Waals surface area contributed by atoms with Gasteiger partial charge in [-0.15, -0.1) is 0 Å². The highest BCUT2D eigenvalue weighted by Crippen LogP contribution is 2.29. The summed E-state index contributed by atoms with van der Waals surface area (Å²) in [4.78, 5) is 35.7. The zero-order chi connectivity index (χ0) is 20.0. The highest BCUT2D eigenvalue weighted by molar-refractivity contribution is 6.08. The molecule has 0 aliphatic carbocycles. The molecule has 0 fully saturated rings. The van der Waals surface area contributed by atoms with Crippen molar-refractivity contribution in [3.8, 4) is 0 Å². The lowest BCUT2D eigenvalue weighted by molar-refractivity contribution is -0.123. The fourth-order valence-electron chi connectivity index (χ4n) is 2.60. The third-order valence-electron chi connectivity index (χ3n) is 3.92. The van der Waals surface area contributed by atoms with Crippen LogP contribution in [0.3, 0.4) is 0 Å². The minimum absolute atomic E-state index is 0.131. The van der Waals surface area contributed by atoms with Gasteiger partial charge in [0.15, 0.2) is 0 Å². The lowest BCUT2D eigenvalue weighted by Gasteiger charge is -2.22. The van der Waals surface area contributed by atoms with Gasteiger partial charge in [0.1, 0.15) is 6.42 Å². The number of hydrogen-bond acceptors (Lipinski definition) is 4. The van der Waals surface area contributed by atoms with E-state index in [4.69, 9.17) is 0 Å². The summed E-state index contributed by atoms with van der Waals surface area (Å²) in [7, 11) is 1.30. The standard InChI is InChI=1S/C21H24N2O4/c1-21(2,3)16-7-5-6-8-17(16)23-19(25)13-18(24)22-15-11-9-14(10-12-15)20(26)27-4/h5-12H,13H2,1-4H3,(H,22,24)(H,23,25). The Kier molecular flexibility index (Phi) is 6.34. The van der Waals surface area contributed by atoms with Gasteiger partial charge in [0, 0.05) is 11.4 Å². The predicted molar refractivity (Wildman–Crippen MR) is 105 cm³/mol. The van der Waals surface area contributed by atoms with Crippen LogP contribution >= 0.6 is 0 Å². The van der Waals surface area contributed by atoms with Gasteiger partial charge in [-0.3, -0.25) is 9.59 Å². The van der Waals surface area contributed by atoms with Crippen molar-refractivity contribution in [2.45, 2.75) is 32.6 Å². The van der Waals surface area contributed by atoms with Crippen LogP contribution < -0.4 is 10.6 Å². The zero-order valence-electron chi connectivity index (χ0n) is 16.0. The summed E-state index contributed by atoms with van der Waals surface area (Å²) in [6.45, 7) is 6.17. The summed E-state index contributed by atoms with van der Waals surface area (Å²) in [6.07, 6.45) is -0.308. The second kappa shape index (κ2) is 8.49. The summed E-state index contributed by atoms with van der Waals surface area (Å²) in [5.41, 5.74) is 2.44. The molecule has 6 heteroatoms. The minimum Gasteiger partial charge on any atom is -0.465 e. The SMILES string of the molecule is COC(=O)c1ccc(NC(=O)CC(=O)Nc2ccccc2C(C)(C)C)cc1. The molecule has 2 rings (SSSR count). The van der Waals surface area contributed by atoms with E-state index in [2.05, 4.69) is 36.1 Å². The smallest absolute Gasteiger partial charge is 0.337 e. The predicted octanol–water partition coefficient (Wildman–Crippen LogP) is 3.74. The topological polar surface area (TPSA) is 84.5 Å². The third kappa shape index (κ3) is 5.67. The highest BCUT2D eigenvalue weighted by Gasteiger charge is 2.19. The first-order valence-corrected chi connectivity index (χ1v) is 8.58. The maximum absolute atomic E-state index is 12.2. The quantitative estimate of drug-likeness (QED) is 0.622. The van der Waals surface area contributed by atoms with Crippen molar-refractivity contribution in [3.05, 3.63) is 59.7 Å². The van der Waals surface area contributed by atoms with Gasteiger partial charge in [-0.05, 0) is 41.3 Å². The summed E-state index contributed by atoms with van der Waals surface area (Å²) in [6, 6.07) is 13.8. The molecule has 0 aliphatic heterocycles. The molecule has 2 N–H and O–H groups in total. The van der Waals surface area contributed by atoms with E-state index in [9.17, 15) is 14.4 Å².